The number of nitrogens with one attached hydrogen (secondary N) is 1. The number of ketones is 1. The number of Topliss-reactive ketones (excluding diaryl/α,β-unsaturated/α-hetero) is 1. The number of carbonyl (C=O) groups excluding carboxylic acids is 2. The molecule has 0 aromatic rings. The van der Waals surface area contributed by atoms with Crippen LogP contribution < -0.4 is 10.0 Å². The summed E-state index contributed by atoms with van der Waals surface area (Å²) in [7, 11) is 2.26. The molecular weight excluding hydrogens is 334 g/mol. The van der Waals surface area contributed by atoms with Gasteiger partial charge >= 0.3 is 5.97 Å². The summed E-state index contributed by atoms with van der Waals surface area (Å²) in [6, 6.07) is 0.688. The van der Waals surface area contributed by atoms with Crippen molar-refractivity contribution in [3.8, 4) is 0 Å². The number of hydrogen-bond donors (Lipinski definition) is 2. The van der Waals surface area contributed by atoms with Gasteiger partial charge in [0.1, 0.15) is 5.78 Å². The molecule has 26 heavy (non-hydrogen) atoms. The fourth-order valence-corrected chi connectivity index (χ4v) is 3.27. The van der Waals surface area contributed by atoms with Crippen molar-refractivity contribution in [2.75, 3.05) is 13.6 Å². The van der Waals surface area contributed by atoms with Crippen LogP contribution in [0.2, 0.25) is 0 Å². The molecule has 0 aromatic carbocycles. The van der Waals surface area contributed by atoms with E-state index in [1.807, 2.05) is 0 Å². The van der Waals surface area contributed by atoms with Crippen LogP contribution in [0, 0.1) is 11.8 Å². The third-order valence-electron chi connectivity index (χ3n) is 5.26. The lowest BCUT2D eigenvalue weighted by atomic mass is 9.85. The van der Waals surface area contributed by atoms with Gasteiger partial charge in [0.15, 0.2) is 5.97 Å². The Kier molecular flexibility index (Phi) is 13.0. The average molecular weight is 372 g/mol. The Morgan fingerprint density at radius 1 is 1.08 bits per heavy atom. The molecule has 6 heteroatoms. The molecule has 152 valence electrons. The van der Waals surface area contributed by atoms with Crippen LogP contribution in [-0.2, 0) is 14.4 Å². The standard InChI is InChI=1S/C18H35NO.C2H2O4/c1-15(2)9-8-10-16(3)19(4)14-13-18(20)17-11-6-5-7-12-17;3-1(4)2(5)6/h15-17H,5-14H2,1-4H3;(H,3,4)(H,5,6). The summed E-state index contributed by atoms with van der Waals surface area (Å²) in [5, 5.41) is 16.3. The van der Waals surface area contributed by atoms with Crippen LogP contribution in [0.25, 0.3) is 0 Å². The van der Waals surface area contributed by atoms with Crippen molar-refractivity contribution in [2.45, 2.75) is 84.6 Å². The molecule has 2 atom stereocenters. The van der Waals surface area contributed by atoms with Crippen LogP contribution >= 0.6 is 0 Å². The molecule has 0 radical (unpaired) electrons. The van der Waals surface area contributed by atoms with Crippen LogP contribution in [0.5, 0.6) is 0 Å². The molecule has 1 rings (SSSR count). The molecule has 1 saturated carbocycles. The number of rotatable bonds is 9. The first-order chi connectivity index (χ1) is 12.1. The Morgan fingerprint density at radius 3 is 2.08 bits per heavy atom. The fraction of sp³-hybridized carbons (Fsp3) is 0.850. The van der Waals surface area contributed by atoms with E-state index in [1.54, 1.807) is 0 Å². The van der Waals surface area contributed by atoms with Crippen molar-refractivity contribution in [1.82, 2.24) is 0 Å². The van der Waals surface area contributed by atoms with Gasteiger partial charge in [-0.25, -0.2) is 4.79 Å². The number of carboxylic acids is 2. The average Bonchev–Trinajstić information content (AvgIpc) is 2.60. The summed E-state index contributed by atoms with van der Waals surface area (Å²) in [5.74, 6) is -2.26. The molecule has 1 fully saturated rings. The Labute approximate surface area is 158 Å². The molecule has 0 heterocycles. The fourth-order valence-electron chi connectivity index (χ4n) is 3.27. The lowest BCUT2D eigenvalue weighted by Gasteiger charge is -2.24. The van der Waals surface area contributed by atoms with Crippen LogP contribution in [0.1, 0.15) is 78.6 Å². The second kappa shape index (κ2) is 13.7. The van der Waals surface area contributed by atoms with E-state index in [2.05, 4.69) is 27.8 Å². The summed E-state index contributed by atoms with van der Waals surface area (Å²) >= 11 is 0. The van der Waals surface area contributed by atoms with Crippen molar-refractivity contribution in [3.05, 3.63) is 0 Å². The molecule has 0 saturated heterocycles. The minimum Gasteiger partial charge on any atom is -0.539 e. The van der Waals surface area contributed by atoms with Crippen molar-refractivity contribution < 1.29 is 29.5 Å². The van der Waals surface area contributed by atoms with E-state index in [1.165, 1.54) is 43.4 Å². The van der Waals surface area contributed by atoms with E-state index < -0.39 is 11.9 Å². The van der Waals surface area contributed by atoms with Crippen LogP contribution in [0.3, 0.4) is 0 Å². The molecule has 0 aromatic heterocycles. The normalized spacial score (nSPS) is 17.1. The van der Waals surface area contributed by atoms with Gasteiger partial charge in [0.25, 0.3) is 0 Å². The molecule has 0 bridgehead atoms. The molecule has 0 spiro atoms. The molecule has 2 N–H and O–H groups in total. The number of hydrogen-bond acceptors (Lipinski definition) is 4. The third kappa shape index (κ3) is 12.0. The van der Waals surface area contributed by atoms with E-state index in [0.29, 0.717) is 17.7 Å². The molecule has 0 amide bonds. The molecule has 2 unspecified atom stereocenters. The molecule has 1 aliphatic carbocycles. The van der Waals surface area contributed by atoms with Gasteiger partial charge in [-0.1, -0.05) is 39.5 Å². The van der Waals surface area contributed by atoms with E-state index in [4.69, 9.17) is 19.8 Å². The maximum absolute atomic E-state index is 12.2. The first-order valence-electron chi connectivity index (χ1n) is 9.94. The first-order valence-corrected chi connectivity index (χ1v) is 9.94. The smallest absolute Gasteiger partial charge is 0.351 e. The monoisotopic (exact) mass is 371 g/mol. The Hall–Kier alpha value is -1.43. The molecular formula is C20H37NO5. The highest BCUT2D eigenvalue weighted by Gasteiger charge is 2.22. The lowest BCUT2D eigenvalue weighted by Crippen LogP contribution is -3.12. The van der Waals surface area contributed by atoms with E-state index >= 15 is 0 Å². The second-order valence-electron chi connectivity index (χ2n) is 7.97. The summed E-state index contributed by atoms with van der Waals surface area (Å²) in [4.78, 5) is 31.8. The minimum absolute atomic E-state index is 0.396. The van der Waals surface area contributed by atoms with Gasteiger partial charge in [-0.15, -0.1) is 0 Å². The Balaban J connectivity index is 0.000000896. The van der Waals surface area contributed by atoms with Crippen molar-refractivity contribution in [3.63, 3.8) is 0 Å². The maximum Gasteiger partial charge on any atom is 0.351 e. The summed E-state index contributed by atoms with van der Waals surface area (Å²) in [5.41, 5.74) is 0. The van der Waals surface area contributed by atoms with Crippen molar-refractivity contribution in [2.24, 2.45) is 11.8 Å². The zero-order valence-electron chi connectivity index (χ0n) is 16.9. The maximum atomic E-state index is 12.2. The van der Waals surface area contributed by atoms with Gasteiger partial charge < -0.3 is 19.9 Å². The summed E-state index contributed by atoms with van der Waals surface area (Å²) in [6.07, 6.45) is 10.9. The van der Waals surface area contributed by atoms with E-state index in [0.717, 1.165) is 31.7 Å². The highest BCUT2D eigenvalue weighted by molar-refractivity contribution is 6.26. The van der Waals surface area contributed by atoms with Crippen molar-refractivity contribution >= 4 is 17.7 Å². The summed E-state index contributed by atoms with van der Waals surface area (Å²) in [6.45, 7) is 7.95. The third-order valence-corrected chi connectivity index (χ3v) is 5.26. The molecule has 1 aliphatic rings. The van der Waals surface area contributed by atoms with E-state index in [9.17, 15) is 4.79 Å². The van der Waals surface area contributed by atoms with Crippen LogP contribution in [-0.4, -0.2) is 42.5 Å². The van der Waals surface area contributed by atoms with Crippen LogP contribution in [0.4, 0.5) is 0 Å². The van der Waals surface area contributed by atoms with Crippen molar-refractivity contribution in [1.29, 1.82) is 0 Å². The minimum atomic E-state index is -2.07. The lowest BCUT2D eigenvalue weighted by molar-refractivity contribution is -0.903. The zero-order chi connectivity index (χ0) is 20.1. The van der Waals surface area contributed by atoms with Gasteiger partial charge in [0.05, 0.1) is 26.1 Å². The van der Waals surface area contributed by atoms with Gasteiger partial charge in [-0.05, 0) is 38.5 Å². The first kappa shape index (κ1) is 24.6. The highest BCUT2D eigenvalue weighted by Crippen LogP contribution is 2.24. The number of quaternary nitrogens is 1. The SMILES string of the molecule is CC(C)CCCC(C)[NH+](C)CCC(=O)C1CCCCC1.O=C([O-])C(=O)O. The predicted octanol–water partition coefficient (Wildman–Crippen LogP) is 1.08. The van der Waals surface area contributed by atoms with Crippen LogP contribution in [0.15, 0.2) is 0 Å². The summed E-state index contributed by atoms with van der Waals surface area (Å²) < 4.78 is 0. The van der Waals surface area contributed by atoms with Gasteiger partial charge in [-0.2, -0.15) is 0 Å². The Bertz CT molecular complexity index is 418. The Morgan fingerprint density at radius 2 is 1.62 bits per heavy atom. The van der Waals surface area contributed by atoms with Gasteiger partial charge in [0, 0.05) is 5.92 Å². The zero-order valence-corrected chi connectivity index (χ0v) is 16.9. The van der Waals surface area contributed by atoms with Gasteiger partial charge in [-0.3, -0.25) is 4.79 Å². The molecule has 6 nitrogen and oxygen atoms in total. The predicted molar refractivity (Wildman–Crippen MR) is 98.7 cm³/mol. The second-order valence-corrected chi connectivity index (χ2v) is 7.97. The number of carboxylic acid groups (broad SMARTS) is 2. The number of aliphatic carboxylic acids is 2. The number of carbonyl (C=O) groups is 3. The topological polar surface area (TPSA) is 98.9 Å². The van der Waals surface area contributed by atoms with Gasteiger partial charge in [0.2, 0.25) is 0 Å². The van der Waals surface area contributed by atoms with E-state index in [-0.39, 0.29) is 0 Å². The quantitative estimate of drug-likeness (QED) is 0.591. The largest absolute Gasteiger partial charge is 0.539 e. The highest BCUT2D eigenvalue weighted by atomic mass is 16.4. The molecule has 0 aliphatic heterocycles.